The molecule has 0 aliphatic carbocycles. The molecule has 4 aromatic rings. The van der Waals surface area contributed by atoms with Crippen molar-refractivity contribution in [2.75, 3.05) is 0 Å². The fourth-order valence-corrected chi connectivity index (χ4v) is 4.19. The number of benzene rings is 1. The van der Waals surface area contributed by atoms with Gasteiger partial charge in [-0.2, -0.15) is 0 Å². The van der Waals surface area contributed by atoms with Gasteiger partial charge in [-0.05, 0) is 35.9 Å². The molecule has 0 radical (unpaired) electrons. The highest BCUT2D eigenvalue weighted by molar-refractivity contribution is 9.10. The zero-order valence-electron chi connectivity index (χ0n) is 13.1. The standard InChI is InChI=1S/C19H14BrN3OS/c20-15-8-2-1-6-13(15)12-22-18(24)17-16(23-10-3-4-11-23)14-7-5-9-21-19(14)25-17/h1-11H,12H2,(H,22,24). The number of pyridine rings is 1. The molecule has 0 atom stereocenters. The van der Waals surface area contributed by atoms with E-state index < -0.39 is 0 Å². The Kier molecular flexibility index (Phi) is 4.38. The predicted octanol–water partition coefficient (Wildman–Crippen LogP) is 4.78. The van der Waals surface area contributed by atoms with Crippen LogP contribution in [0.4, 0.5) is 0 Å². The molecule has 0 saturated heterocycles. The normalized spacial score (nSPS) is 10.9. The second-order valence-electron chi connectivity index (χ2n) is 5.50. The number of rotatable bonds is 4. The van der Waals surface area contributed by atoms with E-state index in [2.05, 4.69) is 26.2 Å². The van der Waals surface area contributed by atoms with Crippen molar-refractivity contribution in [3.63, 3.8) is 0 Å². The van der Waals surface area contributed by atoms with Crippen LogP contribution in [0.15, 0.2) is 71.6 Å². The Balaban J connectivity index is 1.70. The minimum atomic E-state index is -0.0950. The second-order valence-corrected chi connectivity index (χ2v) is 7.35. The van der Waals surface area contributed by atoms with Crippen LogP contribution in [0.1, 0.15) is 15.2 Å². The van der Waals surface area contributed by atoms with Crippen LogP contribution >= 0.6 is 27.3 Å². The van der Waals surface area contributed by atoms with Gasteiger partial charge in [0.15, 0.2) is 0 Å². The molecule has 1 amide bonds. The molecule has 4 rings (SSSR count). The van der Waals surface area contributed by atoms with E-state index in [1.165, 1.54) is 11.3 Å². The van der Waals surface area contributed by atoms with Gasteiger partial charge in [-0.15, -0.1) is 11.3 Å². The minimum Gasteiger partial charge on any atom is -0.347 e. The van der Waals surface area contributed by atoms with Crippen molar-refractivity contribution >= 4 is 43.4 Å². The largest absolute Gasteiger partial charge is 0.347 e. The summed E-state index contributed by atoms with van der Waals surface area (Å²) in [7, 11) is 0. The summed E-state index contributed by atoms with van der Waals surface area (Å²) in [4.78, 5) is 18.8. The molecule has 3 heterocycles. The first kappa shape index (κ1) is 16.1. The monoisotopic (exact) mass is 411 g/mol. The Hall–Kier alpha value is -2.44. The SMILES string of the molecule is O=C(NCc1ccccc1Br)c1sc2ncccc2c1-n1cccc1. The first-order chi connectivity index (χ1) is 12.2. The number of carbonyl (C=O) groups excluding carboxylic acids is 1. The molecule has 1 N–H and O–H groups in total. The number of carbonyl (C=O) groups is 1. The summed E-state index contributed by atoms with van der Waals surface area (Å²) in [6.07, 6.45) is 5.64. The zero-order valence-corrected chi connectivity index (χ0v) is 15.5. The second kappa shape index (κ2) is 6.82. The highest BCUT2D eigenvalue weighted by Crippen LogP contribution is 2.33. The molecule has 4 nitrogen and oxygen atoms in total. The summed E-state index contributed by atoms with van der Waals surface area (Å²) >= 11 is 4.93. The Morgan fingerprint density at radius 1 is 1.12 bits per heavy atom. The summed E-state index contributed by atoms with van der Waals surface area (Å²) in [5, 5.41) is 4.00. The highest BCUT2D eigenvalue weighted by Gasteiger charge is 2.20. The molecule has 0 bridgehead atoms. The fourth-order valence-electron chi connectivity index (χ4n) is 2.71. The average molecular weight is 412 g/mol. The van der Waals surface area contributed by atoms with Gasteiger partial charge in [-0.25, -0.2) is 4.98 Å². The summed E-state index contributed by atoms with van der Waals surface area (Å²) in [6, 6.07) is 15.7. The summed E-state index contributed by atoms with van der Waals surface area (Å²) in [5.74, 6) is -0.0950. The third-order valence-electron chi connectivity index (χ3n) is 3.91. The van der Waals surface area contributed by atoms with Crippen molar-refractivity contribution < 1.29 is 4.79 Å². The lowest BCUT2D eigenvalue weighted by Gasteiger charge is -2.08. The van der Waals surface area contributed by atoms with Gasteiger partial charge in [0, 0.05) is 35.0 Å². The van der Waals surface area contributed by atoms with E-state index in [1.807, 2.05) is 65.5 Å². The van der Waals surface area contributed by atoms with Crippen LogP contribution in [0.5, 0.6) is 0 Å². The highest BCUT2D eigenvalue weighted by atomic mass is 79.9. The van der Waals surface area contributed by atoms with Crippen molar-refractivity contribution in [2.24, 2.45) is 0 Å². The van der Waals surface area contributed by atoms with E-state index >= 15 is 0 Å². The third kappa shape index (κ3) is 3.10. The van der Waals surface area contributed by atoms with E-state index in [9.17, 15) is 4.79 Å². The van der Waals surface area contributed by atoms with E-state index in [1.54, 1.807) is 6.20 Å². The number of aromatic nitrogens is 2. The molecule has 0 saturated carbocycles. The van der Waals surface area contributed by atoms with Gasteiger partial charge in [0.2, 0.25) is 0 Å². The molecule has 0 spiro atoms. The van der Waals surface area contributed by atoms with Crippen molar-refractivity contribution in [3.05, 3.63) is 82.0 Å². The van der Waals surface area contributed by atoms with Crippen LogP contribution < -0.4 is 5.32 Å². The molecule has 25 heavy (non-hydrogen) atoms. The fraction of sp³-hybridized carbons (Fsp3) is 0.0526. The van der Waals surface area contributed by atoms with Crippen LogP contribution in [0, 0.1) is 0 Å². The Morgan fingerprint density at radius 3 is 2.72 bits per heavy atom. The van der Waals surface area contributed by atoms with Gasteiger partial charge in [0.25, 0.3) is 5.91 Å². The van der Waals surface area contributed by atoms with Crippen LogP contribution in [0.25, 0.3) is 15.9 Å². The Labute approximate surface area is 157 Å². The average Bonchev–Trinajstić information content (AvgIpc) is 3.27. The number of fused-ring (bicyclic) bond motifs is 1. The molecule has 0 unspecified atom stereocenters. The van der Waals surface area contributed by atoms with Crippen LogP contribution in [-0.2, 0) is 6.54 Å². The molecule has 0 fully saturated rings. The minimum absolute atomic E-state index is 0.0950. The van der Waals surface area contributed by atoms with E-state index in [0.717, 1.165) is 25.9 Å². The smallest absolute Gasteiger partial charge is 0.263 e. The first-order valence-electron chi connectivity index (χ1n) is 7.76. The van der Waals surface area contributed by atoms with Crippen molar-refractivity contribution in [1.82, 2.24) is 14.9 Å². The van der Waals surface area contributed by atoms with Gasteiger partial charge in [-0.3, -0.25) is 4.79 Å². The number of nitrogens with one attached hydrogen (secondary N) is 1. The van der Waals surface area contributed by atoms with Crippen LogP contribution in [0.2, 0.25) is 0 Å². The first-order valence-corrected chi connectivity index (χ1v) is 9.37. The maximum absolute atomic E-state index is 12.9. The molecule has 0 aliphatic heterocycles. The quantitative estimate of drug-likeness (QED) is 0.525. The molecule has 0 aliphatic rings. The Bertz CT molecular complexity index is 1040. The number of nitrogens with zero attached hydrogens (tertiary/aromatic N) is 2. The van der Waals surface area contributed by atoms with Gasteiger partial charge >= 0.3 is 0 Å². The van der Waals surface area contributed by atoms with E-state index in [4.69, 9.17) is 0 Å². The molecular weight excluding hydrogens is 398 g/mol. The number of hydrogen-bond donors (Lipinski definition) is 1. The maximum Gasteiger partial charge on any atom is 0.263 e. The predicted molar refractivity (Wildman–Crippen MR) is 104 cm³/mol. The number of hydrogen-bond acceptors (Lipinski definition) is 3. The van der Waals surface area contributed by atoms with Crippen molar-refractivity contribution in [1.29, 1.82) is 0 Å². The van der Waals surface area contributed by atoms with Crippen molar-refractivity contribution in [3.8, 4) is 5.69 Å². The van der Waals surface area contributed by atoms with Crippen molar-refractivity contribution in [2.45, 2.75) is 6.54 Å². The lowest BCUT2D eigenvalue weighted by molar-refractivity contribution is 0.0955. The molecule has 3 aromatic heterocycles. The Morgan fingerprint density at radius 2 is 1.92 bits per heavy atom. The molecule has 124 valence electrons. The summed E-state index contributed by atoms with van der Waals surface area (Å²) in [6.45, 7) is 0.465. The van der Waals surface area contributed by atoms with Gasteiger partial charge < -0.3 is 9.88 Å². The van der Waals surface area contributed by atoms with E-state index in [0.29, 0.717) is 11.4 Å². The van der Waals surface area contributed by atoms with Crippen LogP contribution in [-0.4, -0.2) is 15.5 Å². The summed E-state index contributed by atoms with van der Waals surface area (Å²) < 4.78 is 2.95. The maximum atomic E-state index is 12.9. The van der Waals surface area contributed by atoms with E-state index in [-0.39, 0.29) is 5.91 Å². The van der Waals surface area contributed by atoms with Gasteiger partial charge in [-0.1, -0.05) is 34.1 Å². The zero-order chi connectivity index (χ0) is 17.2. The molecular formula is C19H14BrN3OS. The third-order valence-corrected chi connectivity index (χ3v) is 5.78. The van der Waals surface area contributed by atoms with Gasteiger partial charge in [0.1, 0.15) is 9.71 Å². The lowest BCUT2D eigenvalue weighted by Crippen LogP contribution is -2.23. The lowest BCUT2D eigenvalue weighted by atomic mass is 10.2. The van der Waals surface area contributed by atoms with Gasteiger partial charge in [0.05, 0.1) is 5.69 Å². The number of amides is 1. The topological polar surface area (TPSA) is 46.9 Å². The van der Waals surface area contributed by atoms with Crippen LogP contribution in [0.3, 0.4) is 0 Å². The number of halogens is 1. The number of thiophene rings is 1. The molecule has 1 aromatic carbocycles. The molecule has 6 heteroatoms. The summed E-state index contributed by atoms with van der Waals surface area (Å²) in [5.41, 5.74) is 1.92.